The number of hydrogen-bond donors (Lipinski definition) is 1. The van der Waals surface area contributed by atoms with Gasteiger partial charge in [-0.1, -0.05) is 19.1 Å². The third kappa shape index (κ3) is 3.45. The Morgan fingerprint density at radius 1 is 1.24 bits per heavy atom. The zero-order chi connectivity index (χ0) is 15.4. The molecule has 0 saturated carbocycles. The molecule has 0 spiro atoms. The second-order valence-corrected chi connectivity index (χ2v) is 5.36. The number of likely N-dealkylation sites (N-methyl/N-ethyl adjacent to an activating group) is 1. The van der Waals surface area contributed by atoms with E-state index in [4.69, 9.17) is 4.74 Å². The molecule has 114 valence electrons. The van der Waals surface area contributed by atoms with Gasteiger partial charge in [0.05, 0.1) is 12.8 Å². The first kappa shape index (κ1) is 15.6. The predicted molar refractivity (Wildman–Crippen MR) is 85.8 cm³/mol. The van der Waals surface area contributed by atoms with Gasteiger partial charge in [-0.3, -0.25) is 4.68 Å². The van der Waals surface area contributed by atoms with E-state index >= 15 is 0 Å². The molecule has 1 unspecified atom stereocenters. The Labute approximate surface area is 127 Å². The van der Waals surface area contributed by atoms with Gasteiger partial charge in [-0.25, -0.2) is 0 Å². The number of aryl methyl sites for hydroxylation is 2. The molecule has 4 heteroatoms. The van der Waals surface area contributed by atoms with Crippen LogP contribution >= 0.6 is 0 Å². The van der Waals surface area contributed by atoms with Gasteiger partial charge in [0.15, 0.2) is 0 Å². The van der Waals surface area contributed by atoms with Gasteiger partial charge in [0.1, 0.15) is 5.75 Å². The van der Waals surface area contributed by atoms with Crippen molar-refractivity contribution in [3.63, 3.8) is 0 Å². The Hall–Kier alpha value is -1.81. The lowest BCUT2D eigenvalue weighted by molar-refractivity contribution is 0.414. The second-order valence-electron chi connectivity index (χ2n) is 5.36. The lowest BCUT2D eigenvalue weighted by Gasteiger charge is -2.19. The van der Waals surface area contributed by atoms with Gasteiger partial charge in [-0.15, -0.1) is 0 Å². The van der Waals surface area contributed by atoms with Crippen LogP contribution in [0.2, 0.25) is 0 Å². The maximum atomic E-state index is 5.23. The normalized spacial score (nSPS) is 12.4. The van der Waals surface area contributed by atoms with Crippen LogP contribution in [0, 0.1) is 13.8 Å². The third-order valence-corrected chi connectivity index (χ3v) is 4.04. The molecular weight excluding hydrogens is 262 g/mol. The first-order valence-corrected chi connectivity index (χ1v) is 7.43. The van der Waals surface area contributed by atoms with Gasteiger partial charge in [-0.2, -0.15) is 5.10 Å². The quantitative estimate of drug-likeness (QED) is 0.888. The summed E-state index contributed by atoms with van der Waals surface area (Å²) in [5, 5.41) is 8.08. The Morgan fingerprint density at radius 2 is 1.90 bits per heavy atom. The van der Waals surface area contributed by atoms with Crippen molar-refractivity contribution in [3.8, 4) is 5.75 Å². The molecule has 0 radical (unpaired) electrons. The molecule has 1 N–H and O–H groups in total. The maximum absolute atomic E-state index is 5.23. The Balaban J connectivity index is 2.25. The van der Waals surface area contributed by atoms with Crippen LogP contribution in [0.5, 0.6) is 5.75 Å². The van der Waals surface area contributed by atoms with E-state index in [9.17, 15) is 0 Å². The molecule has 0 aliphatic rings. The lowest BCUT2D eigenvalue weighted by Crippen LogP contribution is -2.23. The van der Waals surface area contributed by atoms with Gasteiger partial charge in [0.25, 0.3) is 0 Å². The zero-order valence-electron chi connectivity index (χ0n) is 13.6. The molecule has 21 heavy (non-hydrogen) atoms. The molecule has 1 atom stereocenters. The highest BCUT2D eigenvalue weighted by Crippen LogP contribution is 2.24. The van der Waals surface area contributed by atoms with Gasteiger partial charge in [0.2, 0.25) is 0 Å². The minimum Gasteiger partial charge on any atom is -0.497 e. The number of benzene rings is 1. The third-order valence-electron chi connectivity index (χ3n) is 4.04. The number of aromatic nitrogens is 2. The molecular formula is C17H25N3O. The van der Waals surface area contributed by atoms with E-state index in [1.165, 1.54) is 16.8 Å². The number of nitrogens with zero attached hydrogens (tertiary/aromatic N) is 2. The zero-order valence-corrected chi connectivity index (χ0v) is 13.6. The molecule has 1 aromatic carbocycles. The standard InChI is InChI=1S/C17H25N3O/c1-6-18-17(14-7-9-15(21-5)10-8-14)11-16-12(2)19-20(4)13(16)3/h7-10,17-18H,6,11H2,1-5H3. The smallest absolute Gasteiger partial charge is 0.118 e. The van der Waals surface area contributed by atoms with E-state index in [-0.39, 0.29) is 0 Å². The molecule has 0 aliphatic carbocycles. The minimum absolute atomic E-state index is 0.294. The van der Waals surface area contributed by atoms with E-state index < -0.39 is 0 Å². The van der Waals surface area contributed by atoms with E-state index in [0.29, 0.717) is 6.04 Å². The van der Waals surface area contributed by atoms with E-state index in [1.54, 1.807) is 7.11 Å². The van der Waals surface area contributed by atoms with Gasteiger partial charge in [0, 0.05) is 18.8 Å². The fourth-order valence-corrected chi connectivity index (χ4v) is 2.71. The van der Waals surface area contributed by atoms with E-state index in [0.717, 1.165) is 24.4 Å². The van der Waals surface area contributed by atoms with E-state index in [2.05, 4.69) is 43.3 Å². The molecule has 0 bridgehead atoms. The van der Waals surface area contributed by atoms with Crippen molar-refractivity contribution < 1.29 is 4.74 Å². The molecule has 4 nitrogen and oxygen atoms in total. The highest BCUT2D eigenvalue weighted by molar-refractivity contribution is 5.32. The average molecular weight is 287 g/mol. The first-order chi connectivity index (χ1) is 10.1. The summed E-state index contributed by atoms with van der Waals surface area (Å²) in [5.74, 6) is 0.891. The molecule has 0 fully saturated rings. The van der Waals surface area contributed by atoms with Crippen LogP contribution in [-0.4, -0.2) is 23.4 Å². The summed E-state index contributed by atoms with van der Waals surface area (Å²) in [6.45, 7) is 7.29. The topological polar surface area (TPSA) is 39.1 Å². The highest BCUT2D eigenvalue weighted by atomic mass is 16.5. The molecule has 2 rings (SSSR count). The second kappa shape index (κ2) is 6.76. The maximum Gasteiger partial charge on any atom is 0.118 e. The summed E-state index contributed by atoms with van der Waals surface area (Å²) in [4.78, 5) is 0. The monoisotopic (exact) mass is 287 g/mol. The van der Waals surface area contributed by atoms with Crippen molar-refractivity contribution in [2.75, 3.05) is 13.7 Å². The summed E-state index contributed by atoms with van der Waals surface area (Å²) in [6, 6.07) is 8.59. The molecule has 1 aromatic heterocycles. The van der Waals surface area contributed by atoms with E-state index in [1.807, 2.05) is 23.9 Å². The van der Waals surface area contributed by atoms with Crippen LogP contribution in [-0.2, 0) is 13.5 Å². The fourth-order valence-electron chi connectivity index (χ4n) is 2.71. The molecule has 2 aromatic rings. The molecule has 0 aliphatic heterocycles. The van der Waals surface area contributed by atoms with Crippen LogP contribution in [0.25, 0.3) is 0 Å². The van der Waals surface area contributed by atoms with Gasteiger partial charge < -0.3 is 10.1 Å². The highest BCUT2D eigenvalue weighted by Gasteiger charge is 2.17. The SMILES string of the molecule is CCNC(Cc1c(C)nn(C)c1C)c1ccc(OC)cc1. The number of ether oxygens (including phenoxy) is 1. The van der Waals surface area contributed by atoms with Gasteiger partial charge >= 0.3 is 0 Å². The predicted octanol–water partition coefficient (Wildman–Crippen LogP) is 2.94. The van der Waals surface area contributed by atoms with Crippen LogP contribution in [0.1, 0.15) is 35.5 Å². The Kier molecular flexibility index (Phi) is 5.02. The number of methoxy groups -OCH3 is 1. The van der Waals surface area contributed by atoms with Crippen molar-refractivity contribution in [2.45, 2.75) is 33.2 Å². The molecule has 0 saturated heterocycles. The van der Waals surface area contributed by atoms with Crippen molar-refractivity contribution in [1.82, 2.24) is 15.1 Å². The lowest BCUT2D eigenvalue weighted by atomic mass is 9.97. The summed E-state index contributed by atoms with van der Waals surface area (Å²) >= 11 is 0. The van der Waals surface area contributed by atoms with Crippen molar-refractivity contribution in [1.29, 1.82) is 0 Å². The van der Waals surface area contributed by atoms with Crippen LogP contribution < -0.4 is 10.1 Å². The average Bonchev–Trinajstić information content (AvgIpc) is 2.73. The summed E-state index contributed by atoms with van der Waals surface area (Å²) in [6.07, 6.45) is 0.950. The Bertz CT molecular complexity index is 587. The molecule has 1 heterocycles. The van der Waals surface area contributed by atoms with Crippen LogP contribution in [0.3, 0.4) is 0 Å². The van der Waals surface area contributed by atoms with Gasteiger partial charge in [-0.05, 0) is 50.1 Å². The number of nitrogens with one attached hydrogen (secondary N) is 1. The largest absolute Gasteiger partial charge is 0.497 e. The summed E-state index contributed by atoms with van der Waals surface area (Å²) in [7, 11) is 3.70. The Morgan fingerprint density at radius 3 is 2.38 bits per heavy atom. The van der Waals surface area contributed by atoms with Crippen molar-refractivity contribution >= 4 is 0 Å². The minimum atomic E-state index is 0.294. The molecule has 0 amide bonds. The summed E-state index contributed by atoms with van der Waals surface area (Å²) < 4.78 is 7.20. The first-order valence-electron chi connectivity index (χ1n) is 7.43. The fraction of sp³-hybridized carbons (Fsp3) is 0.471. The summed E-state index contributed by atoms with van der Waals surface area (Å²) in [5.41, 5.74) is 4.97. The van der Waals surface area contributed by atoms with Crippen LogP contribution in [0.15, 0.2) is 24.3 Å². The number of hydrogen-bond acceptors (Lipinski definition) is 3. The van der Waals surface area contributed by atoms with Crippen molar-refractivity contribution in [3.05, 3.63) is 46.8 Å². The van der Waals surface area contributed by atoms with Crippen LogP contribution in [0.4, 0.5) is 0 Å². The number of rotatable bonds is 6. The van der Waals surface area contributed by atoms with Crippen molar-refractivity contribution in [2.24, 2.45) is 7.05 Å².